The Morgan fingerprint density at radius 3 is 2.44 bits per heavy atom. The minimum Gasteiger partial charge on any atom is -0.335 e. The van der Waals surface area contributed by atoms with E-state index in [9.17, 15) is 9.59 Å². The Labute approximate surface area is 96.1 Å². The van der Waals surface area contributed by atoms with Crippen molar-refractivity contribution in [1.82, 2.24) is 4.90 Å². The SMILES string of the molecule is CC(=O)C(=O)N(C)Cc1cc(C)ccc1C. The maximum absolute atomic E-state index is 11.4. The maximum atomic E-state index is 11.4. The minimum atomic E-state index is -0.444. The van der Waals surface area contributed by atoms with Gasteiger partial charge in [0.2, 0.25) is 5.78 Å². The Morgan fingerprint density at radius 2 is 1.88 bits per heavy atom. The van der Waals surface area contributed by atoms with Gasteiger partial charge in [0, 0.05) is 20.5 Å². The standard InChI is InChI=1S/C13H17NO2/c1-9-5-6-10(2)12(7-9)8-14(4)13(16)11(3)15/h5-7H,8H2,1-4H3. The number of ketones is 1. The third-order valence-corrected chi connectivity index (χ3v) is 2.56. The van der Waals surface area contributed by atoms with Gasteiger partial charge in [-0.05, 0) is 25.0 Å². The fourth-order valence-corrected chi connectivity index (χ4v) is 1.57. The molecule has 0 saturated carbocycles. The van der Waals surface area contributed by atoms with Gasteiger partial charge in [-0.25, -0.2) is 0 Å². The summed E-state index contributed by atoms with van der Waals surface area (Å²) in [4.78, 5) is 23.8. The molecule has 3 nitrogen and oxygen atoms in total. The number of aryl methyl sites for hydroxylation is 2. The molecule has 86 valence electrons. The van der Waals surface area contributed by atoms with E-state index >= 15 is 0 Å². The van der Waals surface area contributed by atoms with Crippen LogP contribution in [0.25, 0.3) is 0 Å². The van der Waals surface area contributed by atoms with Crippen LogP contribution in [0.4, 0.5) is 0 Å². The Balaban J connectivity index is 2.84. The van der Waals surface area contributed by atoms with Gasteiger partial charge in [0.15, 0.2) is 0 Å². The van der Waals surface area contributed by atoms with Gasteiger partial charge in [0.25, 0.3) is 5.91 Å². The number of Topliss-reactive ketones (excluding diaryl/α,β-unsaturated/α-hetero) is 1. The van der Waals surface area contributed by atoms with Gasteiger partial charge in [-0.1, -0.05) is 23.8 Å². The van der Waals surface area contributed by atoms with E-state index in [-0.39, 0.29) is 0 Å². The van der Waals surface area contributed by atoms with Crippen molar-refractivity contribution in [1.29, 1.82) is 0 Å². The molecule has 1 aromatic carbocycles. The molecule has 0 heterocycles. The predicted molar refractivity (Wildman–Crippen MR) is 63.1 cm³/mol. The van der Waals surface area contributed by atoms with Crippen molar-refractivity contribution >= 4 is 11.7 Å². The monoisotopic (exact) mass is 219 g/mol. The fraction of sp³-hybridized carbons (Fsp3) is 0.385. The molecule has 16 heavy (non-hydrogen) atoms. The molecule has 0 spiro atoms. The number of carbonyl (C=O) groups is 2. The van der Waals surface area contributed by atoms with Gasteiger partial charge >= 0.3 is 0 Å². The molecular formula is C13H17NO2. The Kier molecular flexibility index (Phi) is 3.82. The maximum Gasteiger partial charge on any atom is 0.289 e. The zero-order valence-electron chi connectivity index (χ0n) is 10.2. The van der Waals surface area contributed by atoms with Crippen molar-refractivity contribution in [3.05, 3.63) is 34.9 Å². The number of nitrogens with zero attached hydrogens (tertiary/aromatic N) is 1. The Morgan fingerprint density at radius 1 is 1.25 bits per heavy atom. The Bertz CT molecular complexity index is 424. The van der Waals surface area contributed by atoms with Crippen LogP contribution in [0.15, 0.2) is 18.2 Å². The second-order valence-corrected chi connectivity index (χ2v) is 4.15. The number of carbonyl (C=O) groups excluding carboxylic acids is 2. The first-order valence-electron chi connectivity index (χ1n) is 5.24. The van der Waals surface area contributed by atoms with Crippen LogP contribution < -0.4 is 0 Å². The lowest BCUT2D eigenvalue weighted by Gasteiger charge is -2.17. The number of likely N-dealkylation sites (N-methyl/N-ethyl adjacent to an activating group) is 1. The summed E-state index contributed by atoms with van der Waals surface area (Å²) in [6, 6.07) is 6.10. The first kappa shape index (κ1) is 12.4. The second-order valence-electron chi connectivity index (χ2n) is 4.15. The lowest BCUT2D eigenvalue weighted by Crippen LogP contribution is -2.31. The van der Waals surface area contributed by atoms with Crippen molar-refractivity contribution in [3.8, 4) is 0 Å². The quantitative estimate of drug-likeness (QED) is 0.727. The molecule has 3 heteroatoms. The Hall–Kier alpha value is -1.64. The molecule has 0 aromatic heterocycles. The van der Waals surface area contributed by atoms with E-state index in [1.807, 2.05) is 32.0 Å². The highest BCUT2D eigenvalue weighted by atomic mass is 16.2. The highest BCUT2D eigenvalue weighted by molar-refractivity contribution is 6.34. The summed E-state index contributed by atoms with van der Waals surface area (Å²) >= 11 is 0. The molecule has 0 unspecified atom stereocenters. The number of amides is 1. The number of rotatable bonds is 3. The molecule has 0 atom stereocenters. The van der Waals surface area contributed by atoms with E-state index in [4.69, 9.17) is 0 Å². The molecule has 0 bridgehead atoms. The molecule has 1 aromatic rings. The first-order chi connectivity index (χ1) is 7.41. The van der Waals surface area contributed by atoms with Crippen LogP contribution in [0.1, 0.15) is 23.6 Å². The van der Waals surface area contributed by atoms with Gasteiger partial charge in [-0.15, -0.1) is 0 Å². The smallest absolute Gasteiger partial charge is 0.289 e. The summed E-state index contributed by atoms with van der Waals surface area (Å²) in [6.07, 6.45) is 0. The molecule has 0 N–H and O–H groups in total. The topological polar surface area (TPSA) is 37.4 Å². The molecule has 0 radical (unpaired) electrons. The number of hydrogen-bond acceptors (Lipinski definition) is 2. The van der Waals surface area contributed by atoms with E-state index in [1.165, 1.54) is 11.8 Å². The third-order valence-electron chi connectivity index (χ3n) is 2.56. The van der Waals surface area contributed by atoms with Gasteiger partial charge < -0.3 is 4.90 Å². The van der Waals surface area contributed by atoms with Crippen molar-refractivity contribution in [3.63, 3.8) is 0 Å². The lowest BCUT2D eigenvalue weighted by molar-refractivity contribution is -0.143. The molecule has 1 rings (SSSR count). The van der Waals surface area contributed by atoms with Crippen LogP contribution in [0.5, 0.6) is 0 Å². The van der Waals surface area contributed by atoms with Crippen LogP contribution in [-0.4, -0.2) is 23.6 Å². The van der Waals surface area contributed by atoms with Crippen molar-refractivity contribution < 1.29 is 9.59 Å². The van der Waals surface area contributed by atoms with Crippen LogP contribution in [-0.2, 0) is 16.1 Å². The molecule has 0 saturated heterocycles. The molecular weight excluding hydrogens is 202 g/mol. The summed E-state index contributed by atoms with van der Waals surface area (Å²) in [5, 5.41) is 0. The van der Waals surface area contributed by atoms with E-state index in [0.29, 0.717) is 6.54 Å². The fourth-order valence-electron chi connectivity index (χ4n) is 1.57. The average Bonchev–Trinajstić information content (AvgIpc) is 2.22. The highest BCUT2D eigenvalue weighted by Crippen LogP contribution is 2.12. The van der Waals surface area contributed by atoms with Crippen LogP contribution in [0, 0.1) is 13.8 Å². The highest BCUT2D eigenvalue weighted by Gasteiger charge is 2.14. The molecule has 0 fully saturated rings. The van der Waals surface area contributed by atoms with Gasteiger partial charge in [-0.2, -0.15) is 0 Å². The predicted octanol–water partition coefficient (Wildman–Crippen LogP) is 1.85. The largest absolute Gasteiger partial charge is 0.335 e. The first-order valence-corrected chi connectivity index (χ1v) is 5.24. The third kappa shape index (κ3) is 2.92. The zero-order chi connectivity index (χ0) is 12.3. The second kappa shape index (κ2) is 4.92. The van der Waals surface area contributed by atoms with E-state index in [0.717, 1.165) is 16.7 Å². The van der Waals surface area contributed by atoms with Crippen molar-refractivity contribution in [2.24, 2.45) is 0 Å². The summed E-state index contributed by atoms with van der Waals surface area (Å²) in [6.45, 7) is 5.78. The lowest BCUT2D eigenvalue weighted by atomic mass is 10.1. The minimum absolute atomic E-state index is 0.423. The van der Waals surface area contributed by atoms with E-state index < -0.39 is 11.7 Å². The molecule has 0 aliphatic heterocycles. The van der Waals surface area contributed by atoms with Crippen LogP contribution in [0.3, 0.4) is 0 Å². The molecule has 0 aliphatic carbocycles. The van der Waals surface area contributed by atoms with Gasteiger partial charge in [0.05, 0.1) is 0 Å². The van der Waals surface area contributed by atoms with Crippen LogP contribution in [0.2, 0.25) is 0 Å². The number of hydrogen-bond donors (Lipinski definition) is 0. The summed E-state index contributed by atoms with van der Waals surface area (Å²) < 4.78 is 0. The summed E-state index contributed by atoms with van der Waals surface area (Å²) in [5.74, 6) is -0.867. The van der Waals surface area contributed by atoms with Gasteiger partial charge in [-0.3, -0.25) is 9.59 Å². The number of benzene rings is 1. The zero-order valence-corrected chi connectivity index (χ0v) is 10.2. The molecule has 0 aliphatic rings. The van der Waals surface area contributed by atoms with Crippen molar-refractivity contribution in [2.45, 2.75) is 27.3 Å². The van der Waals surface area contributed by atoms with E-state index in [1.54, 1.807) is 7.05 Å². The average molecular weight is 219 g/mol. The van der Waals surface area contributed by atoms with Crippen LogP contribution >= 0.6 is 0 Å². The van der Waals surface area contributed by atoms with Gasteiger partial charge in [0.1, 0.15) is 0 Å². The van der Waals surface area contributed by atoms with Crippen molar-refractivity contribution in [2.75, 3.05) is 7.05 Å². The normalized spacial score (nSPS) is 10.0. The summed E-state index contributed by atoms with van der Waals surface area (Å²) in [7, 11) is 1.64. The van der Waals surface area contributed by atoms with E-state index in [2.05, 4.69) is 0 Å². The summed E-state index contributed by atoms with van der Waals surface area (Å²) in [5.41, 5.74) is 3.37. The molecule has 1 amide bonds.